The lowest BCUT2D eigenvalue weighted by Crippen LogP contribution is -2.41. The normalized spacial score (nSPS) is 16.8. The topological polar surface area (TPSA) is 223 Å². The van der Waals surface area contributed by atoms with E-state index in [1.807, 2.05) is 0 Å². The van der Waals surface area contributed by atoms with Crippen molar-refractivity contribution in [1.82, 2.24) is 47.0 Å². The number of hydrogen-bond donors (Lipinski definition) is 9. The lowest BCUT2D eigenvalue weighted by atomic mass is 9.90. The van der Waals surface area contributed by atoms with Crippen molar-refractivity contribution in [3.63, 3.8) is 0 Å². The Labute approximate surface area is 403 Å². The van der Waals surface area contributed by atoms with E-state index in [1.165, 1.54) is 41.5 Å². The second-order valence-corrected chi connectivity index (χ2v) is 17.2. The van der Waals surface area contributed by atoms with Crippen molar-refractivity contribution in [2.24, 2.45) is 0 Å². The van der Waals surface area contributed by atoms with Crippen LogP contribution < -0.4 is 47.4 Å². The summed E-state index contributed by atoms with van der Waals surface area (Å²) in [5, 5.41) is 45.0. The van der Waals surface area contributed by atoms with Gasteiger partial charge in [-0.15, -0.1) is 0 Å². The molecule has 18 heteroatoms. The third kappa shape index (κ3) is 16.3. The number of nitrogens with one attached hydrogen (secondary N) is 7. The van der Waals surface area contributed by atoms with Gasteiger partial charge in [0.1, 0.15) is 29.4 Å². The minimum absolute atomic E-state index is 0.0478. The summed E-state index contributed by atoms with van der Waals surface area (Å²) >= 11 is 0. The smallest absolute Gasteiger partial charge is 0.336 e. The quantitative estimate of drug-likeness (QED) is 0.0481. The van der Waals surface area contributed by atoms with Crippen molar-refractivity contribution < 1.29 is 38.4 Å². The average molecular weight is 952 g/mol. The van der Waals surface area contributed by atoms with Gasteiger partial charge in [-0.1, -0.05) is 12.1 Å². The van der Waals surface area contributed by atoms with E-state index in [4.69, 9.17) is 18.6 Å². The molecule has 7 rings (SSSR count). The van der Waals surface area contributed by atoms with Crippen LogP contribution in [0, 0.1) is 0 Å². The summed E-state index contributed by atoms with van der Waals surface area (Å²) in [6, 6.07) is 19.9. The monoisotopic (exact) mass is 952 g/mol. The number of phenolic OH excluding ortho intramolecular Hbond substituents is 1. The van der Waals surface area contributed by atoms with E-state index < -0.39 is 11.9 Å². The predicted molar refractivity (Wildman–Crippen MR) is 267 cm³/mol. The molecule has 0 bridgehead atoms. The number of nitrogens with zero attached hydrogens (tertiary/aromatic N) is 2. The largest absolute Gasteiger partial charge is 0.508 e. The molecule has 0 radical (unpaired) electrons. The number of aromatic carboxylic acids is 1. The van der Waals surface area contributed by atoms with Gasteiger partial charge in [0, 0.05) is 159 Å². The van der Waals surface area contributed by atoms with Crippen molar-refractivity contribution in [3.8, 4) is 33.9 Å². The Morgan fingerprint density at radius 1 is 0.609 bits per heavy atom. The van der Waals surface area contributed by atoms with Gasteiger partial charge in [-0.2, -0.15) is 0 Å². The minimum atomic E-state index is -1.24. The lowest BCUT2D eigenvalue weighted by molar-refractivity contribution is 0.0370. The summed E-state index contributed by atoms with van der Waals surface area (Å²) < 4.78 is 23.8. The van der Waals surface area contributed by atoms with Gasteiger partial charge < -0.3 is 66.1 Å². The molecule has 1 amide bonds. The zero-order valence-electron chi connectivity index (χ0n) is 39.5. The first-order valence-corrected chi connectivity index (χ1v) is 24.3. The van der Waals surface area contributed by atoms with Gasteiger partial charge >= 0.3 is 5.97 Å². The second-order valence-electron chi connectivity index (χ2n) is 17.2. The molecule has 2 saturated heterocycles. The van der Waals surface area contributed by atoms with E-state index >= 15 is 0 Å². The van der Waals surface area contributed by atoms with Crippen LogP contribution in [0.5, 0.6) is 11.5 Å². The molecule has 0 spiro atoms. The molecule has 9 N–H and O–H groups in total. The van der Waals surface area contributed by atoms with Gasteiger partial charge in [-0.3, -0.25) is 19.4 Å². The Balaban J connectivity index is 0.886. The number of carboxylic acid groups (broad SMARTS) is 1. The molecule has 3 aliphatic heterocycles. The maximum Gasteiger partial charge on any atom is 0.336 e. The van der Waals surface area contributed by atoms with E-state index in [0.717, 1.165) is 124 Å². The minimum Gasteiger partial charge on any atom is -0.508 e. The molecule has 372 valence electrons. The number of aromatic hydroxyl groups is 1. The Hall–Kier alpha value is -5.51. The predicted octanol–water partition coefficient (Wildman–Crippen LogP) is 1.98. The van der Waals surface area contributed by atoms with Gasteiger partial charge in [0.05, 0.1) is 32.0 Å². The van der Waals surface area contributed by atoms with Gasteiger partial charge in [0.2, 0.25) is 0 Å². The number of amides is 1. The third-order valence-electron chi connectivity index (χ3n) is 12.0. The first kappa shape index (κ1) is 51.3. The van der Waals surface area contributed by atoms with Crippen molar-refractivity contribution in [2.45, 2.75) is 13.1 Å². The summed E-state index contributed by atoms with van der Waals surface area (Å²) in [4.78, 5) is 43.0. The molecule has 0 atom stereocenters. The maximum atomic E-state index is 13.2. The summed E-state index contributed by atoms with van der Waals surface area (Å²) in [6.07, 6.45) is 0. The van der Waals surface area contributed by atoms with Crippen LogP contribution >= 0.6 is 0 Å². The number of hydrogen-bond acceptors (Lipinski definition) is 16. The molecule has 1 aliphatic carbocycles. The fraction of sp³-hybridized carbons (Fsp3) is 0.471. The molecule has 4 aliphatic rings. The molecular formula is C51H69N9O9. The Morgan fingerprint density at radius 2 is 1.16 bits per heavy atom. The molecule has 69 heavy (non-hydrogen) atoms. The van der Waals surface area contributed by atoms with Crippen LogP contribution in [0.15, 0.2) is 82.0 Å². The molecular weight excluding hydrogens is 883 g/mol. The fourth-order valence-electron chi connectivity index (χ4n) is 8.57. The van der Waals surface area contributed by atoms with Gasteiger partial charge in [-0.25, -0.2) is 4.79 Å². The highest BCUT2D eigenvalue weighted by Gasteiger charge is 2.23. The van der Waals surface area contributed by atoms with Crippen molar-refractivity contribution in [1.29, 1.82) is 0 Å². The molecule has 0 aromatic heterocycles. The molecule has 2 fully saturated rings. The molecule has 3 aromatic carbocycles. The first-order chi connectivity index (χ1) is 33.8. The van der Waals surface area contributed by atoms with E-state index in [9.17, 15) is 24.6 Å². The summed E-state index contributed by atoms with van der Waals surface area (Å²) in [7, 11) is 0. The zero-order valence-corrected chi connectivity index (χ0v) is 39.5. The number of phenols is 1. The number of ether oxygens (including phenoxy) is 3. The number of fused-ring (bicyclic) bond motifs is 2. The van der Waals surface area contributed by atoms with Crippen molar-refractivity contribution in [2.75, 3.05) is 144 Å². The number of carboxylic acids is 1. The van der Waals surface area contributed by atoms with Gasteiger partial charge in [0.15, 0.2) is 5.43 Å². The SMILES string of the molecule is O=C(NCCOCCOCCOc1cc(CN2CCNCCNCCNCC2)cc(CN2CCNCCNCCNCC2)c1)c1ccc(-c2c3ccc(=O)cc-3oc3cc(O)ccc23)c(C(=O)O)c1. The summed E-state index contributed by atoms with van der Waals surface area (Å²) in [5.74, 6) is -0.672. The standard InChI is InChI=1S/C51H69N9O9/c61-40-2-5-44-47(33-40)69-48-34-41(62)3-6-45(48)49(44)43-4-1-39(32-46(43)51(64)65)50(63)58-19-24-66-25-26-67-27-28-68-42-30-37(35-59-20-15-54-11-7-52-8-12-55-16-21-59)29-38(31-42)36-60-22-17-56-13-9-53-10-14-57-18-23-60/h1-6,29-34,52-57,61H,7-28,35-36H2,(H,58,63)(H,64,65). The molecule has 3 aromatic rings. The van der Waals surface area contributed by atoms with Crippen molar-refractivity contribution >= 4 is 22.8 Å². The third-order valence-corrected chi connectivity index (χ3v) is 12.0. The van der Waals surface area contributed by atoms with E-state index in [-0.39, 0.29) is 46.8 Å². The highest BCUT2D eigenvalue weighted by Crippen LogP contribution is 2.42. The summed E-state index contributed by atoms with van der Waals surface area (Å²) in [6.45, 7) is 18.7. The summed E-state index contributed by atoms with van der Waals surface area (Å²) in [5.41, 5.74) is 3.84. The lowest BCUT2D eigenvalue weighted by Gasteiger charge is -2.26. The van der Waals surface area contributed by atoms with E-state index in [2.05, 4.69) is 65.2 Å². The van der Waals surface area contributed by atoms with Crippen LogP contribution in [-0.4, -0.2) is 176 Å². The first-order valence-electron chi connectivity index (χ1n) is 24.3. The number of benzene rings is 4. The average Bonchev–Trinajstić information content (AvgIpc) is 3.32. The highest BCUT2D eigenvalue weighted by atomic mass is 16.5. The van der Waals surface area contributed by atoms with Crippen LogP contribution in [0.25, 0.3) is 33.4 Å². The Kier molecular flexibility index (Phi) is 20.6. The molecule has 0 unspecified atom stereocenters. The Bertz CT molecular complexity index is 2360. The number of carbonyl (C=O) groups is 2. The fourth-order valence-corrected chi connectivity index (χ4v) is 8.57. The molecule has 0 saturated carbocycles. The van der Waals surface area contributed by atoms with Gasteiger partial charge in [-0.05, 0) is 65.2 Å². The van der Waals surface area contributed by atoms with E-state index in [0.29, 0.717) is 48.5 Å². The van der Waals surface area contributed by atoms with Crippen molar-refractivity contribution in [3.05, 3.63) is 105 Å². The van der Waals surface area contributed by atoms with Crippen LogP contribution in [-0.2, 0) is 22.6 Å². The Morgan fingerprint density at radius 3 is 1.75 bits per heavy atom. The van der Waals surface area contributed by atoms with Crippen LogP contribution in [0.1, 0.15) is 31.8 Å². The van der Waals surface area contributed by atoms with Crippen LogP contribution in [0.3, 0.4) is 0 Å². The number of rotatable bonds is 17. The molecule has 18 nitrogen and oxygen atoms in total. The molecule has 3 heterocycles. The second kappa shape index (κ2) is 27.6. The highest BCUT2D eigenvalue weighted by molar-refractivity contribution is 6.09. The number of carbonyl (C=O) groups excluding carboxylic acids is 1. The van der Waals surface area contributed by atoms with Crippen LogP contribution in [0.4, 0.5) is 0 Å². The maximum absolute atomic E-state index is 13.2. The van der Waals surface area contributed by atoms with E-state index in [1.54, 1.807) is 24.3 Å². The van der Waals surface area contributed by atoms with Gasteiger partial charge in [0.25, 0.3) is 5.91 Å². The van der Waals surface area contributed by atoms with Crippen LogP contribution in [0.2, 0.25) is 0 Å². The zero-order chi connectivity index (χ0) is 48.0.